The second kappa shape index (κ2) is 5.48. The highest BCUT2D eigenvalue weighted by Crippen LogP contribution is 2.32. The molecule has 102 valence electrons. The smallest absolute Gasteiger partial charge is 0.416 e. The predicted molar refractivity (Wildman–Crippen MR) is 65.7 cm³/mol. The van der Waals surface area contributed by atoms with E-state index in [2.05, 4.69) is 0 Å². The summed E-state index contributed by atoms with van der Waals surface area (Å²) >= 11 is 0. The van der Waals surface area contributed by atoms with Gasteiger partial charge in [0.05, 0.1) is 18.1 Å². The highest BCUT2D eigenvalue weighted by atomic mass is 19.4. The lowest BCUT2D eigenvalue weighted by Gasteiger charge is -2.16. The van der Waals surface area contributed by atoms with E-state index in [0.717, 1.165) is 23.3 Å². The summed E-state index contributed by atoms with van der Waals surface area (Å²) in [5, 5.41) is 0. The van der Waals surface area contributed by atoms with E-state index >= 15 is 0 Å². The first kappa shape index (κ1) is 13.7. The quantitative estimate of drug-likeness (QED) is 0.917. The molecule has 2 N–H and O–H groups in total. The van der Waals surface area contributed by atoms with E-state index in [-0.39, 0.29) is 5.92 Å². The Morgan fingerprint density at radius 1 is 1.05 bits per heavy atom. The molecule has 0 bridgehead atoms. The fourth-order valence-corrected chi connectivity index (χ4v) is 2.07. The van der Waals surface area contributed by atoms with Crippen LogP contribution in [0.1, 0.15) is 29.0 Å². The van der Waals surface area contributed by atoms with Crippen LogP contribution in [-0.2, 0) is 6.18 Å². The molecule has 0 amide bonds. The molecule has 1 aromatic heterocycles. The van der Waals surface area contributed by atoms with Crippen molar-refractivity contribution in [3.63, 3.8) is 0 Å². The molecule has 19 heavy (non-hydrogen) atoms. The van der Waals surface area contributed by atoms with Crippen LogP contribution in [-0.4, -0.2) is 6.54 Å². The Hall–Kier alpha value is -1.75. The van der Waals surface area contributed by atoms with E-state index in [1.807, 2.05) is 0 Å². The molecule has 1 aromatic carbocycles. The molecule has 0 fully saturated rings. The zero-order valence-electron chi connectivity index (χ0n) is 10.2. The second-order valence-corrected chi connectivity index (χ2v) is 4.31. The van der Waals surface area contributed by atoms with Crippen molar-refractivity contribution in [1.29, 1.82) is 0 Å². The molecule has 1 heterocycles. The highest BCUT2D eigenvalue weighted by Gasteiger charge is 2.30. The van der Waals surface area contributed by atoms with E-state index in [1.54, 1.807) is 18.6 Å². The van der Waals surface area contributed by atoms with Gasteiger partial charge in [0.1, 0.15) is 0 Å². The van der Waals surface area contributed by atoms with Gasteiger partial charge in [0, 0.05) is 5.92 Å². The second-order valence-electron chi connectivity index (χ2n) is 4.31. The lowest BCUT2D eigenvalue weighted by Crippen LogP contribution is -2.09. The molecule has 0 aliphatic carbocycles. The van der Waals surface area contributed by atoms with Crippen molar-refractivity contribution in [2.75, 3.05) is 6.54 Å². The van der Waals surface area contributed by atoms with Crippen molar-refractivity contribution >= 4 is 0 Å². The Bertz CT molecular complexity index is 502. The van der Waals surface area contributed by atoms with Crippen molar-refractivity contribution in [3.05, 3.63) is 59.5 Å². The molecule has 2 nitrogen and oxygen atoms in total. The van der Waals surface area contributed by atoms with Gasteiger partial charge in [-0.2, -0.15) is 13.2 Å². The first-order valence-corrected chi connectivity index (χ1v) is 5.91. The SMILES string of the molecule is NCCC(c1ccc(C(F)(F)F)cc1)c1ccoc1. The van der Waals surface area contributed by atoms with Crippen molar-refractivity contribution < 1.29 is 17.6 Å². The summed E-state index contributed by atoms with van der Waals surface area (Å²) in [6, 6.07) is 6.99. The van der Waals surface area contributed by atoms with Gasteiger partial charge in [-0.05, 0) is 42.3 Å². The summed E-state index contributed by atoms with van der Waals surface area (Å²) in [6.07, 6.45) is -0.511. The number of alkyl halides is 3. The fourth-order valence-electron chi connectivity index (χ4n) is 2.07. The Morgan fingerprint density at radius 3 is 2.21 bits per heavy atom. The van der Waals surface area contributed by atoms with Crippen LogP contribution in [0.5, 0.6) is 0 Å². The Morgan fingerprint density at radius 2 is 1.74 bits per heavy atom. The maximum atomic E-state index is 12.5. The Labute approximate surface area is 109 Å². The number of benzene rings is 1. The van der Waals surface area contributed by atoms with Gasteiger partial charge in [0.2, 0.25) is 0 Å². The van der Waals surface area contributed by atoms with Gasteiger partial charge >= 0.3 is 6.18 Å². The van der Waals surface area contributed by atoms with Crippen LogP contribution in [0.3, 0.4) is 0 Å². The molecule has 1 atom stereocenters. The molecular weight excluding hydrogens is 255 g/mol. The topological polar surface area (TPSA) is 39.2 Å². The molecule has 0 saturated carbocycles. The van der Waals surface area contributed by atoms with Gasteiger partial charge < -0.3 is 10.2 Å². The van der Waals surface area contributed by atoms with E-state index in [4.69, 9.17) is 10.2 Å². The summed E-state index contributed by atoms with van der Waals surface area (Å²) in [4.78, 5) is 0. The average molecular weight is 269 g/mol. The van der Waals surface area contributed by atoms with Crippen LogP contribution in [0.2, 0.25) is 0 Å². The maximum absolute atomic E-state index is 12.5. The molecule has 0 aliphatic heterocycles. The van der Waals surface area contributed by atoms with Gasteiger partial charge in [-0.1, -0.05) is 12.1 Å². The third-order valence-electron chi connectivity index (χ3n) is 3.04. The van der Waals surface area contributed by atoms with Crippen molar-refractivity contribution in [3.8, 4) is 0 Å². The lowest BCUT2D eigenvalue weighted by molar-refractivity contribution is -0.137. The van der Waals surface area contributed by atoms with Crippen molar-refractivity contribution in [2.45, 2.75) is 18.5 Å². The lowest BCUT2D eigenvalue weighted by atomic mass is 9.90. The molecule has 0 spiro atoms. The van der Waals surface area contributed by atoms with Gasteiger partial charge in [0.25, 0.3) is 0 Å². The number of halogens is 3. The maximum Gasteiger partial charge on any atom is 0.416 e. The van der Waals surface area contributed by atoms with Crippen molar-refractivity contribution in [1.82, 2.24) is 0 Å². The van der Waals surface area contributed by atoms with Gasteiger partial charge in [-0.3, -0.25) is 0 Å². The Balaban J connectivity index is 2.28. The molecule has 2 rings (SSSR count). The summed E-state index contributed by atoms with van der Waals surface area (Å²) in [6.45, 7) is 0.455. The minimum atomic E-state index is -4.31. The largest absolute Gasteiger partial charge is 0.472 e. The number of rotatable bonds is 4. The van der Waals surface area contributed by atoms with Gasteiger partial charge in [0.15, 0.2) is 0 Å². The van der Waals surface area contributed by atoms with Gasteiger partial charge in [-0.15, -0.1) is 0 Å². The first-order chi connectivity index (χ1) is 9.02. The van der Waals surface area contributed by atoms with Crippen LogP contribution >= 0.6 is 0 Å². The van der Waals surface area contributed by atoms with Crippen LogP contribution in [0.25, 0.3) is 0 Å². The van der Waals surface area contributed by atoms with E-state index in [1.165, 1.54) is 12.1 Å². The van der Waals surface area contributed by atoms with Crippen LogP contribution in [0.4, 0.5) is 13.2 Å². The van der Waals surface area contributed by atoms with Crippen LogP contribution in [0.15, 0.2) is 47.3 Å². The zero-order chi connectivity index (χ0) is 13.9. The zero-order valence-corrected chi connectivity index (χ0v) is 10.2. The summed E-state index contributed by atoms with van der Waals surface area (Å²) < 4.78 is 42.5. The molecular formula is C14H14F3NO. The molecule has 2 aromatic rings. The highest BCUT2D eigenvalue weighted by molar-refractivity contribution is 5.33. The fraction of sp³-hybridized carbons (Fsp3) is 0.286. The predicted octanol–water partition coefficient (Wildman–Crippen LogP) is 3.78. The summed E-state index contributed by atoms with van der Waals surface area (Å²) in [5.74, 6) is -0.0361. The molecule has 1 unspecified atom stereocenters. The third kappa shape index (κ3) is 3.17. The minimum absolute atomic E-state index is 0.0361. The minimum Gasteiger partial charge on any atom is -0.472 e. The van der Waals surface area contributed by atoms with Crippen LogP contribution in [0, 0.1) is 0 Å². The number of hydrogen-bond donors (Lipinski definition) is 1. The number of nitrogens with two attached hydrogens (primary N) is 1. The van der Waals surface area contributed by atoms with E-state index < -0.39 is 11.7 Å². The molecule has 0 saturated heterocycles. The van der Waals surface area contributed by atoms with Crippen molar-refractivity contribution in [2.24, 2.45) is 5.73 Å². The molecule has 0 radical (unpaired) electrons. The molecule has 5 heteroatoms. The number of hydrogen-bond acceptors (Lipinski definition) is 2. The average Bonchev–Trinajstić information content (AvgIpc) is 2.89. The normalized spacial score (nSPS) is 13.5. The van der Waals surface area contributed by atoms with E-state index in [0.29, 0.717) is 13.0 Å². The third-order valence-corrected chi connectivity index (χ3v) is 3.04. The summed E-state index contributed by atoms with van der Waals surface area (Å²) in [5.41, 5.74) is 6.64. The summed E-state index contributed by atoms with van der Waals surface area (Å²) in [7, 11) is 0. The standard InChI is InChI=1S/C14H14F3NO/c15-14(16,17)12-3-1-10(2-4-12)13(5-7-18)11-6-8-19-9-11/h1-4,6,8-9,13H,5,7,18H2. The first-order valence-electron chi connectivity index (χ1n) is 5.91. The monoisotopic (exact) mass is 269 g/mol. The van der Waals surface area contributed by atoms with Crippen LogP contribution < -0.4 is 5.73 Å². The van der Waals surface area contributed by atoms with Gasteiger partial charge in [-0.25, -0.2) is 0 Å². The van der Waals surface area contributed by atoms with E-state index in [9.17, 15) is 13.2 Å². The number of furan rings is 1. The molecule has 0 aliphatic rings. The Kier molecular flexibility index (Phi) is 3.95.